The molecule has 3 aliphatic heterocycles. The lowest BCUT2D eigenvalue weighted by Gasteiger charge is -2.41. The van der Waals surface area contributed by atoms with Gasteiger partial charge in [-0.2, -0.15) is 0 Å². The number of urea groups is 1. The van der Waals surface area contributed by atoms with Crippen molar-refractivity contribution in [1.29, 1.82) is 0 Å². The Kier molecular flexibility index (Phi) is 26.7. The number of allylic oxidation sites excluding steroid dienone is 3. The molecule has 10 atom stereocenters. The average molecular weight is 1280 g/mol. The number of nitrogens with one attached hydrogen (secondary N) is 2. The fraction of sp³-hybridized carbons (Fsp3) is 0.627. The molecule has 0 aromatic heterocycles. The third kappa shape index (κ3) is 19.6. The highest BCUT2D eigenvalue weighted by Crippen LogP contribution is 2.50. The van der Waals surface area contributed by atoms with Gasteiger partial charge in [0.05, 0.1) is 49.3 Å². The molecule has 4 bridgehead atoms. The number of halogens is 2. The zero-order chi connectivity index (χ0) is 67.2. The first-order valence-electron chi connectivity index (χ1n) is 31.2. The molecule has 2 aromatic rings. The van der Waals surface area contributed by atoms with Gasteiger partial charge in [-0.15, -0.1) is 0 Å². The van der Waals surface area contributed by atoms with E-state index in [2.05, 4.69) is 10.6 Å². The average Bonchev–Trinajstić information content (AvgIpc) is 1.57. The summed E-state index contributed by atoms with van der Waals surface area (Å²) in [5.41, 5.74) is 3.09. The van der Waals surface area contributed by atoms with Gasteiger partial charge in [-0.05, 0) is 127 Å². The van der Waals surface area contributed by atoms with Crippen LogP contribution in [0.3, 0.4) is 0 Å². The molecule has 2 aromatic carbocycles. The maximum Gasteiger partial charge on any atom is 0.328 e. The Morgan fingerprint density at radius 1 is 1.01 bits per heavy atom. The Hall–Kier alpha value is -6.75. The Morgan fingerprint density at radius 3 is 2.32 bits per heavy atom. The van der Waals surface area contributed by atoms with Crippen LogP contribution in [-0.4, -0.2) is 151 Å². The van der Waals surface area contributed by atoms with Crippen molar-refractivity contribution >= 4 is 70.5 Å². The molecule has 2 fully saturated rings. The number of nitrogens with zero attached hydrogens (tertiary/aromatic N) is 2. The van der Waals surface area contributed by atoms with Crippen molar-refractivity contribution in [2.24, 2.45) is 29.4 Å². The highest BCUT2D eigenvalue weighted by molar-refractivity contribution is 6.35. The second kappa shape index (κ2) is 32.5. The van der Waals surface area contributed by atoms with E-state index in [0.717, 1.165) is 22.1 Å². The Balaban J connectivity index is 1.32. The van der Waals surface area contributed by atoms with E-state index >= 15 is 4.39 Å². The third-order valence-electron chi connectivity index (χ3n) is 17.8. The van der Waals surface area contributed by atoms with Gasteiger partial charge in [-0.25, -0.2) is 14.0 Å². The minimum Gasteiger partial charge on any atom is -0.495 e. The van der Waals surface area contributed by atoms with Crippen LogP contribution in [0.25, 0.3) is 0 Å². The lowest BCUT2D eigenvalue weighted by molar-refractivity contribution is -0.187. The van der Waals surface area contributed by atoms with Crippen LogP contribution in [0.15, 0.2) is 54.1 Å². The van der Waals surface area contributed by atoms with E-state index in [0.29, 0.717) is 50.0 Å². The fourth-order valence-corrected chi connectivity index (χ4v) is 12.1. The van der Waals surface area contributed by atoms with Crippen molar-refractivity contribution in [2.45, 2.75) is 212 Å². The fourth-order valence-electron chi connectivity index (χ4n) is 11.8. The number of hydrogen-bond acceptors (Lipinski definition) is 16. The summed E-state index contributed by atoms with van der Waals surface area (Å²) in [6, 6.07) is 3.73. The van der Waals surface area contributed by atoms with Crippen LogP contribution in [0, 0.1) is 29.5 Å². The number of ether oxygens (including phenoxy) is 6. The number of aliphatic hydroxyl groups is 1. The van der Waals surface area contributed by atoms with Gasteiger partial charge in [0.2, 0.25) is 11.8 Å². The number of ketones is 2. The molecule has 2 saturated heterocycles. The maximum absolute atomic E-state index is 16.2. The second-order valence-electron chi connectivity index (χ2n) is 25.6. The number of unbranched alkanes of at least 4 members (excludes halogenated alkanes) is 1. The number of benzene rings is 2. The van der Waals surface area contributed by atoms with Crippen LogP contribution in [0.4, 0.5) is 14.9 Å². The summed E-state index contributed by atoms with van der Waals surface area (Å²) in [7, 11) is 5.66. The number of methoxy groups -OCH3 is 2. The number of rotatable bonds is 27. The smallest absolute Gasteiger partial charge is 0.328 e. The number of primary amides is 1. The van der Waals surface area contributed by atoms with E-state index in [1.807, 2.05) is 40.7 Å². The van der Waals surface area contributed by atoms with Gasteiger partial charge in [0, 0.05) is 65.3 Å². The molecule has 90 heavy (non-hydrogen) atoms. The number of likely N-dealkylation sites (N-methyl/N-ethyl adjacent to an activating group) is 1. The van der Waals surface area contributed by atoms with Crippen molar-refractivity contribution in [3.8, 4) is 5.75 Å². The number of amides is 5. The summed E-state index contributed by atoms with van der Waals surface area (Å²) in [5.74, 6) is -7.20. The highest BCUT2D eigenvalue weighted by Gasteiger charge is 2.64. The zero-order valence-corrected chi connectivity index (χ0v) is 55.6. The van der Waals surface area contributed by atoms with E-state index in [4.69, 9.17) is 45.8 Å². The lowest BCUT2D eigenvalue weighted by atomic mass is 9.78. The van der Waals surface area contributed by atoms with Crippen LogP contribution in [-0.2, 0) is 70.1 Å². The molecule has 0 unspecified atom stereocenters. The molecule has 3 heterocycles. The largest absolute Gasteiger partial charge is 0.495 e. The first-order chi connectivity index (χ1) is 42.2. The molecular formula is C67H95ClFN5O16. The molecule has 498 valence electrons. The predicted octanol–water partition coefficient (Wildman–Crippen LogP) is 8.81. The first-order valence-corrected chi connectivity index (χ1v) is 31.6. The van der Waals surface area contributed by atoms with Crippen molar-refractivity contribution < 1.29 is 81.1 Å². The molecule has 0 radical (unpaired) electrons. The molecule has 3 aliphatic rings. The molecule has 0 saturated carbocycles. The molecule has 5 amide bonds. The van der Waals surface area contributed by atoms with Gasteiger partial charge < -0.3 is 59.7 Å². The highest BCUT2D eigenvalue weighted by atomic mass is 35.5. The number of epoxide rings is 1. The van der Waals surface area contributed by atoms with Crippen LogP contribution >= 0.6 is 11.6 Å². The van der Waals surface area contributed by atoms with Gasteiger partial charge in [0.15, 0.2) is 5.78 Å². The number of carbonyl (C=O) groups is 9. The van der Waals surface area contributed by atoms with Crippen LogP contribution < -0.4 is 26.0 Å². The monoisotopic (exact) mass is 1280 g/mol. The number of Topliss-reactive ketones (excluding diaryl/α,β-unsaturated/α-hetero) is 2. The van der Waals surface area contributed by atoms with Crippen molar-refractivity contribution in [3.63, 3.8) is 0 Å². The summed E-state index contributed by atoms with van der Waals surface area (Å²) < 4.78 is 51.7. The lowest BCUT2D eigenvalue weighted by Crippen LogP contribution is -2.53. The summed E-state index contributed by atoms with van der Waals surface area (Å²) in [6.07, 6.45) is 3.82. The normalized spacial score (nSPS) is 24.1. The van der Waals surface area contributed by atoms with E-state index in [1.54, 1.807) is 52.0 Å². The van der Waals surface area contributed by atoms with Crippen LogP contribution in [0.5, 0.6) is 5.75 Å². The second-order valence-corrected chi connectivity index (χ2v) is 26.0. The van der Waals surface area contributed by atoms with Crippen LogP contribution in [0.2, 0.25) is 5.02 Å². The number of carbonyl (C=O) groups excluding carboxylic acids is 9. The van der Waals surface area contributed by atoms with Crippen molar-refractivity contribution in [2.75, 3.05) is 39.8 Å². The topological polar surface area (TPSA) is 289 Å². The van der Waals surface area contributed by atoms with Gasteiger partial charge in [-0.3, -0.25) is 33.6 Å². The first kappa shape index (κ1) is 74.0. The third-order valence-corrected chi connectivity index (χ3v) is 18.2. The zero-order valence-electron chi connectivity index (χ0n) is 54.8. The van der Waals surface area contributed by atoms with E-state index in [9.17, 15) is 48.3 Å². The number of fused-ring (bicyclic) bond motifs is 5. The summed E-state index contributed by atoms with van der Waals surface area (Å²) >= 11 is 6.85. The van der Waals surface area contributed by atoms with Gasteiger partial charge in [0.25, 0.3) is 5.91 Å². The number of nitrogens with two attached hydrogens (primary N) is 1. The standard InChI is InChI=1S/C67H95ClFN5O16/c1-15-44(16-2)63(82)90-65(8,9)27-18-17-22-45(75)34-47(38(3)4)60(79)72-49(23-20-28-71-64(70)83)51(76)32-42-25-26-46(48(69)30-42)61(80)73(11)41(7)62(81)88-55-35-56(77)74(12)50-31-43(33-52(85-13)58(50)68)29-39(5)21-19-24-54(86-14)67(84)36-53(87-57(78)37-67)40(6)59-66(55,10)89-59/h19,21,24-26,30-31,33,38,40-41,44,47,49,53-55,59,84H,15-18,20,22-23,27-29,32,34-37H2,1-14H3,(H,72,79)(H3,70,71,83)/b24-19+,39-21+/t40-,41+,47+,49+,53+,54-,55+,59+,66+,67-/m1/s1. The van der Waals surface area contributed by atoms with Crippen LogP contribution in [0.1, 0.15) is 168 Å². The molecule has 5 rings (SSSR count). The number of hydrogen-bond donors (Lipinski definition) is 4. The number of esters is 3. The predicted molar refractivity (Wildman–Crippen MR) is 336 cm³/mol. The quantitative estimate of drug-likeness (QED) is 0.0281. The maximum atomic E-state index is 16.2. The van der Waals surface area contributed by atoms with Gasteiger partial charge >= 0.3 is 23.9 Å². The summed E-state index contributed by atoms with van der Waals surface area (Å²) in [4.78, 5) is 124. The minimum atomic E-state index is -1.69. The molecule has 23 heteroatoms. The molecule has 0 spiro atoms. The molecule has 21 nitrogen and oxygen atoms in total. The minimum absolute atomic E-state index is 0.0430. The summed E-state index contributed by atoms with van der Waals surface area (Å²) in [5, 5.41) is 17.5. The Morgan fingerprint density at radius 2 is 1.70 bits per heavy atom. The van der Waals surface area contributed by atoms with E-state index in [1.165, 1.54) is 52.3 Å². The number of anilines is 1. The molecular weight excluding hydrogens is 1190 g/mol. The molecule has 0 aliphatic carbocycles. The Bertz CT molecular complexity index is 3000. The SMILES string of the molecule is CCC(CC)C(=O)OC(C)(C)CCCCC(=O)C[C@H](C(=O)N[C@@H](CCCNC(N)=O)C(=O)Cc1ccc(C(=O)N(C)[C@@H](C)C(=O)O[C@H]2CC(=O)N(C)c3cc(cc(OC)c3Cl)C/C(C)=C/C=C/[C@@H](OC)[C@]3(O)CC(=O)O[C@@H](C3)[C@@H](C)[C@@H]3O[C@@]23C)c(F)c1)C(C)C. The van der Waals surface area contributed by atoms with E-state index < -0.39 is 124 Å². The molecule has 5 N–H and O–H groups in total. The van der Waals surface area contributed by atoms with E-state index in [-0.39, 0.29) is 85.7 Å². The van der Waals surface area contributed by atoms with Crippen molar-refractivity contribution in [3.05, 3.63) is 81.7 Å². The summed E-state index contributed by atoms with van der Waals surface area (Å²) in [6.45, 7) is 17.9. The van der Waals surface area contributed by atoms with Gasteiger partial charge in [-0.1, -0.05) is 76.1 Å². The Labute approximate surface area is 534 Å². The van der Waals surface area contributed by atoms with Gasteiger partial charge in [0.1, 0.15) is 63.5 Å². The van der Waals surface area contributed by atoms with Crippen molar-refractivity contribution in [1.82, 2.24) is 15.5 Å².